The minimum Gasteiger partial charge on any atom is -0.395 e. The highest BCUT2D eigenvalue weighted by Crippen LogP contribution is 2.28. The summed E-state index contributed by atoms with van der Waals surface area (Å²) in [4.78, 5) is 43.6. The number of benzene rings is 1. The number of carbonyl (C=O) groups is 1. The number of Topliss-reactive ketones (excluding diaryl/α,β-unsaturated/α-hetero) is 1. The number of carbonyl (C=O) groups excluding carboxylic acids is 1. The normalized spacial score (nSPS) is 15.1. The van der Waals surface area contributed by atoms with Gasteiger partial charge in [0.15, 0.2) is 5.78 Å². The highest BCUT2D eigenvalue weighted by atomic mass is 79.9. The van der Waals surface area contributed by atoms with Gasteiger partial charge in [-0.05, 0) is 32.0 Å². The first-order valence-electron chi connectivity index (χ1n) is 9.90. The third kappa shape index (κ3) is 4.13. The molecule has 8 nitrogen and oxygen atoms in total. The number of aliphatic hydroxyl groups is 1. The number of aliphatic hydroxyl groups excluding tert-OH is 1. The Labute approximate surface area is 186 Å². The van der Waals surface area contributed by atoms with E-state index in [0.717, 1.165) is 20.3 Å². The molecule has 0 bridgehead atoms. The van der Waals surface area contributed by atoms with E-state index in [4.69, 9.17) is 4.74 Å². The second-order valence-corrected chi connectivity index (χ2v) is 9.09. The average Bonchev–Trinajstić information content (AvgIpc) is 2.73. The van der Waals surface area contributed by atoms with Crippen LogP contribution in [0.3, 0.4) is 0 Å². The maximum Gasteiger partial charge on any atom is 0.333 e. The summed E-state index contributed by atoms with van der Waals surface area (Å²) >= 11 is 3.34. The van der Waals surface area contributed by atoms with Crippen molar-refractivity contribution in [1.82, 2.24) is 14.1 Å². The van der Waals surface area contributed by atoms with Crippen LogP contribution in [0.2, 0.25) is 0 Å². The molecule has 1 aliphatic heterocycles. The molecule has 3 aromatic rings. The molecule has 0 unspecified atom stereocenters. The van der Waals surface area contributed by atoms with Crippen molar-refractivity contribution in [2.75, 3.05) is 6.61 Å². The van der Waals surface area contributed by atoms with Gasteiger partial charge in [0.2, 0.25) is 0 Å². The lowest BCUT2D eigenvalue weighted by Gasteiger charge is -2.31. The topological polar surface area (TPSA) is 103 Å². The van der Waals surface area contributed by atoms with Crippen LogP contribution in [-0.4, -0.2) is 37.2 Å². The third-order valence-electron chi connectivity index (χ3n) is 5.37. The fraction of sp³-hybridized carbons (Fsp3) is 0.364. The van der Waals surface area contributed by atoms with Gasteiger partial charge in [0.05, 0.1) is 43.0 Å². The molecular weight excluding hydrogens is 466 g/mol. The van der Waals surface area contributed by atoms with E-state index in [2.05, 4.69) is 20.9 Å². The Morgan fingerprint density at radius 3 is 2.61 bits per heavy atom. The zero-order valence-electron chi connectivity index (χ0n) is 17.2. The molecule has 1 N–H and O–H groups in total. The first-order valence-corrected chi connectivity index (χ1v) is 10.7. The molecular formula is C22H22BrN3O5. The van der Waals surface area contributed by atoms with E-state index in [-0.39, 0.29) is 36.5 Å². The maximum absolute atomic E-state index is 13.1. The van der Waals surface area contributed by atoms with Crippen LogP contribution in [0.25, 0.3) is 11.0 Å². The molecule has 2 aromatic heterocycles. The van der Waals surface area contributed by atoms with Crippen LogP contribution < -0.4 is 11.2 Å². The zero-order valence-corrected chi connectivity index (χ0v) is 18.8. The average molecular weight is 488 g/mol. The van der Waals surface area contributed by atoms with E-state index in [0.29, 0.717) is 18.6 Å². The Hall–Kier alpha value is -2.62. The van der Waals surface area contributed by atoms with Crippen molar-refractivity contribution < 1.29 is 14.6 Å². The second kappa shape index (κ2) is 8.14. The van der Waals surface area contributed by atoms with Crippen molar-refractivity contribution in [2.45, 2.75) is 45.6 Å². The minimum atomic E-state index is -0.671. The number of nitrogens with zero attached hydrogens (tertiary/aromatic N) is 3. The van der Waals surface area contributed by atoms with Crippen LogP contribution in [0, 0.1) is 0 Å². The lowest BCUT2D eigenvalue weighted by Crippen LogP contribution is -2.42. The van der Waals surface area contributed by atoms with Gasteiger partial charge in [-0.2, -0.15) is 0 Å². The summed E-state index contributed by atoms with van der Waals surface area (Å²) in [6.07, 6.45) is 0.521. The van der Waals surface area contributed by atoms with Gasteiger partial charge in [0.1, 0.15) is 5.65 Å². The van der Waals surface area contributed by atoms with Crippen LogP contribution in [0.4, 0.5) is 0 Å². The van der Waals surface area contributed by atoms with Gasteiger partial charge in [0, 0.05) is 22.0 Å². The van der Waals surface area contributed by atoms with Gasteiger partial charge < -0.3 is 9.84 Å². The van der Waals surface area contributed by atoms with E-state index in [9.17, 15) is 19.5 Å². The van der Waals surface area contributed by atoms with Gasteiger partial charge in [-0.1, -0.05) is 28.1 Å². The highest BCUT2D eigenvalue weighted by Gasteiger charge is 2.29. The number of hydrogen-bond donors (Lipinski definition) is 1. The van der Waals surface area contributed by atoms with Gasteiger partial charge in [-0.25, -0.2) is 9.78 Å². The summed E-state index contributed by atoms with van der Waals surface area (Å²) in [5.74, 6) is -0.284. The van der Waals surface area contributed by atoms with Crippen molar-refractivity contribution in [3.8, 4) is 0 Å². The van der Waals surface area contributed by atoms with Crippen LogP contribution >= 0.6 is 15.9 Å². The molecule has 0 saturated heterocycles. The molecule has 0 spiro atoms. The largest absolute Gasteiger partial charge is 0.395 e. The third-order valence-corrected chi connectivity index (χ3v) is 5.90. The van der Waals surface area contributed by atoms with Gasteiger partial charge in [-0.15, -0.1) is 0 Å². The highest BCUT2D eigenvalue weighted by molar-refractivity contribution is 9.10. The number of fused-ring (bicyclic) bond motifs is 2. The molecule has 0 amide bonds. The maximum atomic E-state index is 13.1. The monoisotopic (exact) mass is 487 g/mol. The Bertz CT molecular complexity index is 1290. The lowest BCUT2D eigenvalue weighted by molar-refractivity contribution is -0.0411. The molecule has 0 fully saturated rings. The predicted molar refractivity (Wildman–Crippen MR) is 118 cm³/mol. The molecule has 162 valence electrons. The summed E-state index contributed by atoms with van der Waals surface area (Å²) in [6, 6.07) is 8.51. The van der Waals surface area contributed by atoms with Crippen LogP contribution in [0.15, 0.2) is 44.4 Å². The number of ether oxygens (including phenoxy) is 1. The van der Waals surface area contributed by atoms with Gasteiger partial charge in [0.25, 0.3) is 5.56 Å². The summed E-state index contributed by atoms with van der Waals surface area (Å²) in [6.45, 7) is 3.39. The number of aromatic nitrogens is 3. The molecule has 0 aliphatic carbocycles. The standard InChI is InChI=1S/C22H22BrN3O5/c1-22(2)10-17-14(12-31-22)9-16-19(24-17)26(21(30)25(7-8-27)20(16)29)11-18(28)13-3-5-15(23)6-4-13/h3-6,9,27H,7-8,10-12H2,1-2H3. The molecule has 0 radical (unpaired) electrons. The summed E-state index contributed by atoms with van der Waals surface area (Å²) in [5, 5.41) is 9.57. The summed E-state index contributed by atoms with van der Waals surface area (Å²) in [7, 11) is 0. The fourth-order valence-corrected chi connectivity index (χ4v) is 3.99. The SMILES string of the molecule is CC1(C)Cc2nc3c(cc2CO1)c(=O)n(CCO)c(=O)n3CC(=O)c1ccc(Br)cc1. The molecule has 3 heterocycles. The molecule has 9 heteroatoms. The minimum absolute atomic E-state index is 0.166. The van der Waals surface area contributed by atoms with E-state index < -0.39 is 16.9 Å². The molecule has 31 heavy (non-hydrogen) atoms. The number of rotatable bonds is 5. The van der Waals surface area contributed by atoms with Crippen LogP contribution in [-0.2, 0) is 30.9 Å². The Morgan fingerprint density at radius 2 is 1.94 bits per heavy atom. The number of pyridine rings is 1. The summed E-state index contributed by atoms with van der Waals surface area (Å²) in [5.41, 5.74) is 0.507. The second-order valence-electron chi connectivity index (χ2n) is 8.17. The quantitative estimate of drug-likeness (QED) is 0.552. The van der Waals surface area contributed by atoms with E-state index in [1.165, 1.54) is 4.57 Å². The molecule has 1 aliphatic rings. The zero-order chi connectivity index (χ0) is 22.3. The smallest absolute Gasteiger partial charge is 0.333 e. The Balaban J connectivity index is 1.91. The summed E-state index contributed by atoms with van der Waals surface area (Å²) < 4.78 is 8.83. The molecule has 0 atom stereocenters. The van der Waals surface area contributed by atoms with Crippen molar-refractivity contribution in [3.05, 3.63) is 72.5 Å². The van der Waals surface area contributed by atoms with Crippen LogP contribution in [0.5, 0.6) is 0 Å². The van der Waals surface area contributed by atoms with E-state index in [1.54, 1.807) is 30.3 Å². The fourth-order valence-electron chi connectivity index (χ4n) is 3.73. The number of hydrogen-bond acceptors (Lipinski definition) is 6. The van der Waals surface area contributed by atoms with Crippen molar-refractivity contribution in [2.24, 2.45) is 0 Å². The van der Waals surface area contributed by atoms with Gasteiger partial charge >= 0.3 is 5.69 Å². The Morgan fingerprint density at radius 1 is 1.23 bits per heavy atom. The van der Waals surface area contributed by atoms with Crippen molar-refractivity contribution in [3.63, 3.8) is 0 Å². The van der Waals surface area contributed by atoms with Crippen molar-refractivity contribution in [1.29, 1.82) is 0 Å². The first kappa shape index (κ1) is 21.6. The molecule has 0 saturated carbocycles. The van der Waals surface area contributed by atoms with Crippen LogP contribution in [0.1, 0.15) is 35.5 Å². The van der Waals surface area contributed by atoms with Crippen molar-refractivity contribution >= 4 is 32.7 Å². The molecule has 4 rings (SSSR count). The molecule has 1 aromatic carbocycles. The number of ketones is 1. The lowest BCUT2D eigenvalue weighted by atomic mass is 9.95. The Kier molecular flexibility index (Phi) is 5.67. The first-order chi connectivity index (χ1) is 14.7. The number of halogens is 1. The predicted octanol–water partition coefficient (Wildman–Crippen LogP) is 2.05. The van der Waals surface area contributed by atoms with Gasteiger partial charge in [-0.3, -0.25) is 18.7 Å². The van der Waals surface area contributed by atoms with E-state index in [1.807, 2.05) is 13.8 Å². The van der Waals surface area contributed by atoms with E-state index >= 15 is 0 Å².